The molecule has 2 fully saturated rings. The molecule has 1 aromatic carbocycles. The van der Waals surface area contributed by atoms with Crippen LogP contribution in [0.4, 0.5) is 0 Å². The Morgan fingerprint density at radius 1 is 1.24 bits per heavy atom. The molecule has 3 rings (SSSR count). The molecule has 2 heterocycles. The highest BCUT2D eigenvalue weighted by molar-refractivity contribution is 5.77. The molecule has 0 aliphatic carbocycles. The Morgan fingerprint density at radius 2 is 2.06 bits per heavy atom. The predicted molar refractivity (Wildman–Crippen MR) is 66.4 cm³/mol. The maximum atomic E-state index is 11.3. The molecule has 0 saturated carbocycles. The molecule has 0 aromatic heterocycles. The van der Waals surface area contributed by atoms with E-state index in [1.54, 1.807) is 0 Å². The number of nitrogens with zero attached hydrogens (tertiary/aromatic N) is 1. The number of rotatable bonds is 2. The van der Waals surface area contributed by atoms with E-state index in [-0.39, 0.29) is 5.91 Å². The minimum atomic E-state index is 0.229. The van der Waals surface area contributed by atoms with Gasteiger partial charge < -0.3 is 5.32 Å². The summed E-state index contributed by atoms with van der Waals surface area (Å²) in [7, 11) is 0. The van der Waals surface area contributed by atoms with Crippen LogP contribution in [0.15, 0.2) is 30.3 Å². The topological polar surface area (TPSA) is 32.3 Å². The Hall–Kier alpha value is -1.35. The smallest absolute Gasteiger partial charge is 0.220 e. The molecule has 90 valence electrons. The van der Waals surface area contributed by atoms with Crippen molar-refractivity contribution in [1.82, 2.24) is 10.2 Å². The molecular formula is C14H18N2O. The normalized spacial score (nSPS) is 28.8. The molecule has 0 unspecified atom stereocenters. The van der Waals surface area contributed by atoms with E-state index in [2.05, 4.69) is 40.5 Å². The monoisotopic (exact) mass is 230 g/mol. The minimum Gasteiger partial charge on any atom is -0.352 e. The fourth-order valence-corrected chi connectivity index (χ4v) is 3.04. The quantitative estimate of drug-likeness (QED) is 0.836. The molecule has 2 aliphatic heterocycles. The molecule has 1 N–H and O–H groups in total. The molecule has 0 bridgehead atoms. The Bertz CT molecular complexity index is 404. The van der Waals surface area contributed by atoms with E-state index in [4.69, 9.17) is 0 Å². The summed E-state index contributed by atoms with van der Waals surface area (Å²) in [6.45, 7) is 2.11. The number of amides is 1. The number of carbonyl (C=O) groups excluding carboxylic acids is 1. The predicted octanol–water partition coefficient (Wildman–Crippen LogP) is 1.54. The van der Waals surface area contributed by atoms with E-state index in [9.17, 15) is 4.79 Å². The first kappa shape index (κ1) is 10.8. The zero-order valence-electron chi connectivity index (χ0n) is 9.93. The van der Waals surface area contributed by atoms with Gasteiger partial charge in [-0.25, -0.2) is 0 Å². The number of benzene rings is 1. The Labute approximate surface area is 102 Å². The molecule has 2 aliphatic rings. The lowest BCUT2D eigenvalue weighted by Gasteiger charge is -2.32. The Morgan fingerprint density at radius 3 is 2.88 bits per heavy atom. The maximum absolute atomic E-state index is 11.3. The Kier molecular flexibility index (Phi) is 2.85. The van der Waals surface area contributed by atoms with Gasteiger partial charge in [-0.1, -0.05) is 30.3 Å². The van der Waals surface area contributed by atoms with Gasteiger partial charge in [0.2, 0.25) is 5.91 Å². The highest BCUT2D eigenvalue weighted by atomic mass is 16.1. The number of fused-ring (bicyclic) bond motifs is 1. The van der Waals surface area contributed by atoms with Crippen LogP contribution in [-0.2, 0) is 11.3 Å². The van der Waals surface area contributed by atoms with Gasteiger partial charge in [0.1, 0.15) is 0 Å². The average molecular weight is 230 g/mol. The van der Waals surface area contributed by atoms with Crippen LogP contribution < -0.4 is 5.32 Å². The summed E-state index contributed by atoms with van der Waals surface area (Å²) in [6.07, 6.45) is 2.80. The summed E-state index contributed by atoms with van der Waals surface area (Å²) in [5.41, 5.74) is 1.37. The van der Waals surface area contributed by atoms with Crippen molar-refractivity contribution in [3.8, 4) is 0 Å². The van der Waals surface area contributed by atoms with Crippen LogP contribution in [0.25, 0.3) is 0 Å². The van der Waals surface area contributed by atoms with E-state index < -0.39 is 0 Å². The van der Waals surface area contributed by atoms with Crippen molar-refractivity contribution in [2.45, 2.75) is 37.9 Å². The van der Waals surface area contributed by atoms with E-state index in [1.165, 1.54) is 5.56 Å². The summed E-state index contributed by atoms with van der Waals surface area (Å²) in [5, 5.41) is 3.11. The van der Waals surface area contributed by atoms with Gasteiger partial charge in [-0.05, 0) is 18.4 Å². The zero-order valence-corrected chi connectivity index (χ0v) is 9.93. The zero-order chi connectivity index (χ0) is 11.7. The Balaban J connectivity index is 1.68. The first-order valence-electron chi connectivity index (χ1n) is 6.40. The van der Waals surface area contributed by atoms with Crippen LogP contribution >= 0.6 is 0 Å². The van der Waals surface area contributed by atoms with Gasteiger partial charge in [0.05, 0.1) is 0 Å². The molecular weight excluding hydrogens is 212 g/mol. The van der Waals surface area contributed by atoms with Gasteiger partial charge in [-0.2, -0.15) is 0 Å². The minimum absolute atomic E-state index is 0.229. The summed E-state index contributed by atoms with van der Waals surface area (Å²) in [4.78, 5) is 13.9. The molecule has 3 nitrogen and oxygen atoms in total. The number of hydrogen-bond donors (Lipinski definition) is 1. The van der Waals surface area contributed by atoms with Crippen molar-refractivity contribution in [2.75, 3.05) is 6.54 Å². The molecule has 1 aromatic rings. The summed E-state index contributed by atoms with van der Waals surface area (Å²) in [5.74, 6) is 0.229. The average Bonchev–Trinajstić information content (AvgIpc) is 2.73. The first-order chi connectivity index (χ1) is 8.33. The van der Waals surface area contributed by atoms with Crippen molar-refractivity contribution in [1.29, 1.82) is 0 Å². The molecule has 1 amide bonds. The number of nitrogens with one attached hydrogen (secondary N) is 1. The second-order valence-corrected chi connectivity index (χ2v) is 5.02. The second kappa shape index (κ2) is 4.49. The van der Waals surface area contributed by atoms with Crippen molar-refractivity contribution in [3.63, 3.8) is 0 Å². The van der Waals surface area contributed by atoms with Crippen LogP contribution in [-0.4, -0.2) is 29.4 Å². The van der Waals surface area contributed by atoms with Crippen LogP contribution in [0.2, 0.25) is 0 Å². The first-order valence-corrected chi connectivity index (χ1v) is 6.40. The van der Waals surface area contributed by atoms with Crippen LogP contribution in [0, 0.1) is 0 Å². The lowest BCUT2D eigenvalue weighted by Crippen LogP contribution is -2.49. The standard InChI is InChI=1S/C14H18N2O/c17-14-7-6-13-12(15-14)8-9-16(13)10-11-4-2-1-3-5-11/h1-5,12-13H,6-10H2,(H,15,17)/t12-,13-/m0/s1. The van der Waals surface area contributed by atoms with Crippen molar-refractivity contribution in [2.24, 2.45) is 0 Å². The van der Waals surface area contributed by atoms with Gasteiger partial charge >= 0.3 is 0 Å². The summed E-state index contributed by atoms with van der Waals surface area (Å²) in [6, 6.07) is 11.5. The summed E-state index contributed by atoms with van der Waals surface area (Å²) < 4.78 is 0. The van der Waals surface area contributed by atoms with Gasteiger partial charge in [0.25, 0.3) is 0 Å². The van der Waals surface area contributed by atoms with Crippen LogP contribution in [0.5, 0.6) is 0 Å². The van der Waals surface area contributed by atoms with Gasteiger partial charge in [0.15, 0.2) is 0 Å². The highest BCUT2D eigenvalue weighted by Crippen LogP contribution is 2.26. The fourth-order valence-electron chi connectivity index (χ4n) is 3.04. The number of carbonyl (C=O) groups is 1. The third-order valence-corrected chi connectivity index (χ3v) is 3.90. The maximum Gasteiger partial charge on any atom is 0.220 e. The van der Waals surface area contributed by atoms with Gasteiger partial charge in [-0.3, -0.25) is 9.69 Å². The van der Waals surface area contributed by atoms with Crippen molar-refractivity contribution in [3.05, 3.63) is 35.9 Å². The SMILES string of the molecule is O=C1CC[C@H]2[C@H](CCN2Cc2ccccc2)N1. The molecule has 17 heavy (non-hydrogen) atoms. The van der Waals surface area contributed by atoms with Crippen LogP contribution in [0.1, 0.15) is 24.8 Å². The van der Waals surface area contributed by atoms with E-state index in [0.29, 0.717) is 18.5 Å². The lowest BCUT2D eigenvalue weighted by atomic mass is 9.99. The largest absolute Gasteiger partial charge is 0.352 e. The highest BCUT2D eigenvalue weighted by Gasteiger charge is 2.37. The van der Waals surface area contributed by atoms with E-state index >= 15 is 0 Å². The van der Waals surface area contributed by atoms with Crippen molar-refractivity contribution >= 4 is 5.91 Å². The number of piperidine rings is 1. The molecule has 2 saturated heterocycles. The molecule has 3 heteroatoms. The number of likely N-dealkylation sites (tertiary alicyclic amines) is 1. The van der Waals surface area contributed by atoms with E-state index in [0.717, 1.165) is 25.9 Å². The number of hydrogen-bond acceptors (Lipinski definition) is 2. The summed E-state index contributed by atoms with van der Waals surface area (Å²) >= 11 is 0. The third kappa shape index (κ3) is 2.20. The molecule has 0 spiro atoms. The molecule has 2 atom stereocenters. The fraction of sp³-hybridized carbons (Fsp3) is 0.500. The van der Waals surface area contributed by atoms with E-state index in [1.807, 2.05) is 0 Å². The van der Waals surface area contributed by atoms with Crippen molar-refractivity contribution < 1.29 is 4.79 Å². The molecule has 0 radical (unpaired) electrons. The van der Waals surface area contributed by atoms with Crippen LogP contribution in [0.3, 0.4) is 0 Å². The van der Waals surface area contributed by atoms with Gasteiger partial charge in [-0.15, -0.1) is 0 Å². The third-order valence-electron chi connectivity index (χ3n) is 3.90. The van der Waals surface area contributed by atoms with Gasteiger partial charge in [0, 0.05) is 31.6 Å². The lowest BCUT2D eigenvalue weighted by molar-refractivity contribution is -0.124. The second-order valence-electron chi connectivity index (χ2n) is 5.02.